The molecule has 4 rings (SSSR count). The van der Waals surface area contributed by atoms with E-state index in [4.69, 9.17) is 4.74 Å². The van der Waals surface area contributed by atoms with E-state index < -0.39 is 0 Å². The smallest absolute Gasteiger partial charge is 0.275 e. The molecule has 0 bridgehead atoms. The van der Waals surface area contributed by atoms with Crippen LogP contribution in [0.3, 0.4) is 0 Å². The van der Waals surface area contributed by atoms with Crippen molar-refractivity contribution >= 4 is 33.0 Å². The molecule has 0 spiro atoms. The zero-order valence-corrected chi connectivity index (χ0v) is 17.2. The fraction of sp³-hybridized carbons (Fsp3) is 0.400. The van der Waals surface area contributed by atoms with E-state index in [1.165, 1.54) is 21.9 Å². The second-order valence-corrected chi connectivity index (χ2v) is 7.98. The van der Waals surface area contributed by atoms with Gasteiger partial charge in [-0.1, -0.05) is 11.3 Å². The Labute approximate surface area is 172 Å². The van der Waals surface area contributed by atoms with Crippen molar-refractivity contribution in [2.24, 2.45) is 5.92 Å². The Morgan fingerprint density at radius 1 is 1.34 bits per heavy atom. The Hall–Kier alpha value is -2.94. The van der Waals surface area contributed by atoms with Crippen LogP contribution >= 0.6 is 11.3 Å². The molecular weight excluding hydrogens is 390 g/mol. The molecule has 8 nitrogen and oxygen atoms in total. The van der Waals surface area contributed by atoms with Crippen LogP contribution in [0.5, 0.6) is 5.75 Å². The fourth-order valence-electron chi connectivity index (χ4n) is 3.45. The summed E-state index contributed by atoms with van der Waals surface area (Å²) < 4.78 is 6.76. The van der Waals surface area contributed by atoms with Gasteiger partial charge in [0.2, 0.25) is 16.0 Å². The van der Waals surface area contributed by atoms with Gasteiger partial charge in [-0.3, -0.25) is 9.59 Å². The summed E-state index contributed by atoms with van der Waals surface area (Å²) >= 11 is 1.38. The number of hydrogen-bond donors (Lipinski definition) is 1. The highest BCUT2D eigenvalue weighted by Gasteiger charge is 2.28. The summed E-state index contributed by atoms with van der Waals surface area (Å²) in [6.07, 6.45) is 1.71. The monoisotopic (exact) mass is 413 g/mol. The third-order valence-corrected chi connectivity index (χ3v) is 5.83. The molecule has 0 unspecified atom stereocenters. The number of carbonyl (C=O) groups excluding carboxylic acids is 1. The van der Waals surface area contributed by atoms with Gasteiger partial charge in [-0.2, -0.15) is 4.52 Å². The molecule has 0 aliphatic carbocycles. The summed E-state index contributed by atoms with van der Waals surface area (Å²) in [5, 5.41) is 8.13. The first-order valence-electron chi connectivity index (χ1n) is 9.69. The molecule has 2 aromatic heterocycles. The van der Waals surface area contributed by atoms with Crippen LogP contribution in [0.15, 0.2) is 35.1 Å². The van der Waals surface area contributed by atoms with Crippen molar-refractivity contribution in [3.05, 3.63) is 46.4 Å². The lowest BCUT2D eigenvalue weighted by molar-refractivity contribution is -0.120. The molecule has 3 aromatic rings. The van der Waals surface area contributed by atoms with E-state index in [9.17, 15) is 9.59 Å². The average molecular weight is 414 g/mol. The zero-order valence-electron chi connectivity index (χ0n) is 16.4. The Bertz CT molecular complexity index is 1080. The normalized spacial score (nSPS) is 16.8. The molecule has 152 valence electrons. The first-order valence-corrected chi connectivity index (χ1v) is 10.5. The third kappa shape index (κ3) is 4.24. The number of rotatable bonds is 5. The number of amides is 1. The number of aromatic nitrogens is 3. The number of piperidine rings is 1. The van der Waals surface area contributed by atoms with E-state index in [0.717, 1.165) is 36.0 Å². The van der Waals surface area contributed by atoms with E-state index in [-0.39, 0.29) is 17.4 Å². The maximum Gasteiger partial charge on any atom is 0.275 e. The van der Waals surface area contributed by atoms with Gasteiger partial charge < -0.3 is 15.0 Å². The van der Waals surface area contributed by atoms with E-state index in [0.29, 0.717) is 23.8 Å². The molecule has 1 aliphatic rings. The Morgan fingerprint density at radius 2 is 2.14 bits per heavy atom. The predicted octanol–water partition coefficient (Wildman–Crippen LogP) is 2.71. The van der Waals surface area contributed by atoms with Crippen LogP contribution in [0.4, 0.5) is 10.8 Å². The van der Waals surface area contributed by atoms with Crippen molar-refractivity contribution in [1.29, 1.82) is 0 Å². The van der Waals surface area contributed by atoms with Crippen LogP contribution in [-0.4, -0.2) is 40.2 Å². The standard InChI is InChI=1S/C20H23N5O3S/c1-3-28-16-8-6-15(7-9-16)22-18(27)14-5-4-10-24(12-14)20-23-25-17(26)11-13(2)21-19(25)29-20/h6-9,11,14H,3-5,10,12H2,1-2H3,(H,22,27)/t14-/m1/s1. The molecule has 1 aromatic carbocycles. The summed E-state index contributed by atoms with van der Waals surface area (Å²) in [5.41, 5.74) is 1.25. The highest BCUT2D eigenvalue weighted by Crippen LogP contribution is 2.27. The maximum atomic E-state index is 12.8. The number of fused-ring (bicyclic) bond motifs is 1. The van der Waals surface area contributed by atoms with E-state index in [1.54, 1.807) is 6.92 Å². The van der Waals surface area contributed by atoms with Crippen molar-refractivity contribution in [3.63, 3.8) is 0 Å². The Balaban J connectivity index is 1.45. The highest BCUT2D eigenvalue weighted by molar-refractivity contribution is 7.20. The SMILES string of the molecule is CCOc1ccc(NC(=O)[C@@H]2CCCN(c3nn4c(=O)cc(C)nc4s3)C2)cc1. The third-order valence-electron chi connectivity index (χ3n) is 4.86. The number of nitrogens with zero attached hydrogens (tertiary/aromatic N) is 4. The van der Waals surface area contributed by atoms with Gasteiger partial charge in [0.25, 0.3) is 5.56 Å². The van der Waals surface area contributed by atoms with Gasteiger partial charge in [0.15, 0.2) is 0 Å². The average Bonchev–Trinajstić information content (AvgIpc) is 3.14. The van der Waals surface area contributed by atoms with Crippen molar-refractivity contribution < 1.29 is 9.53 Å². The van der Waals surface area contributed by atoms with Crippen LogP contribution in [0.2, 0.25) is 0 Å². The predicted molar refractivity (Wildman–Crippen MR) is 113 cm³/mol. The lowest BCUT2D eigenvalue weighted by Gasteiger charge is -2.31. The Kier molecular flexibility index (Phi) is 5.48. The quantitative estimate of drug-likeness (QED) is 0.692. The molecule has 1 saturated heterocycles. The summed E-state index contributed by atoms with van der Waals surface area (Å²) in [4.78, 5) is 31.9. The second kappa shape index (κ2) is 8.20. The summed E-state index contributed by atoms with van der Waals surface area (Å²) in [6, 6.07) is 8.86. The molecule has 0 radical (unpaired) electrons. The van der Waals surface area contributed by atoms with Crippen molar-refractivity contribution in [3.8, 4) is 5.75 Å². The van der Waals surface area contributed by atoms with Gasteiger partial charge in [-0.05, 0) is 51.0 Å². The molecule has 1 N–H and O–H groups in total. The van der Waals surface area contributed by atoms with Crippen LogP contribution in [0.25, 0.3) is 4.96 Å². The van der Waals surface area contributed by atoms with Gasteiger partial charge in [0, 0.05) is 30.5 Å². The second-order valence-electron chi connectivity index (χ2n) is 7.05. The Morgan fingerprint density at radius 3 is 2.90 bits per heavy atom. The number of anilines is 2. The zero-order chi connectivity index (χ0) is 20.4. The van der Waals surface area contributed by atoms with Crippen molar-refractivity contribution in [2.75, 3.05) is 29.9 Å². The van der Waals surface area contributed by atoms with Crippen molar-refractivity contribution in [1.82, 2.24) is 14.6 Å². The van der Waals surface area contributed by atoms with E-state index >= 15 is 0 Å². The largest absolute Gasteiger partial charge is 0.494 e. The maximum absolute atomic E-state index is 12.8. The van der Waals surface area contributed by atoms with Gasteiger partial charge in [-0.25, -0.2) is 4.98 Å². The van der Waals surface area contributed by atoms with Crippen LogP contribution < -0.4 is 20.5 Å². The molecule has 1 fully saturated rings. The van der Waals surface area contributed by atoms with Gasteiger partial charge in [0.05, 0.1) is 12.5 Å². The van der Waals surface area contributed by atoms with Gasteiger partial charge in [0.1, 0.15) is 5.75 Å². The van der Waals surface area contributed by atoms with Crippen LogP contribution in [0, 0.1) is 12.8 Å². The molecule has 1 aliphatic heterocycles. The molecule has 0 saturated carbocycles. The number of carbonyl (C=O) groups is 1. The first kappa shape index (κ1) is 19.4. The summed E-state index contributed by atoms with van der Waals surface area (Å²) in [5.74, 6) is 0.629. The number of ether oxygens (including phenoxy) is 1. The number of aryl methyl sites for hydroxylation is 1. The van der Waals surface area contributed by atoms with E-state index in [2.05, 4.69) is 20.3 Å². The van der Waals surface area contributed by atoms with Crippen LogP contribution in [0.1, 0.15) is 25.5 Å². The fourth-order valence-corrected chi connectivity index (χ4v) is 4.44. The first-order chi connectivity index (χ1) is 14.0. The minimum atomic E-state index is -0.184. The molecular formula is C20H23N5O3S. The van der Waals surface area contributed by atoms with Gasteiger partial charge >= 0.3 is 0 Å². The molecule has 29 heavy (non-hydrogen) atoms. The topological polar surface area (TPSA) is 88.8 Å². The molecule has 1 amide bonds. The van der Waals surface area contributed by atoms with E-state index in [1.807, 2.05) is 31.2 Å². The van der Waals surface area contributed by atoms with Crippen LogP contribution in [-0.2, 0) is 4.79 Å². The minimum absolute atomic E-state index is 0.00823. The van der Waals surface area contributed by atoms with Crippen molar-refractivity contribution in [2.45, 2.75) is 26.7 Å². The lowest BCUT2D eigenvalue weighted by Crippen LogP contribution is -2.40. The molecule has 3 heterocycles. The lowest BCUT2D eigenvalue weighted by atomic mass is 9.97. The number of hydrogen-bond acceptors (Lipinski definition) is 7. The minimum Gasteiger partial charge on any atom is -0.494 e. The molecule has 9 heteroatoms. The number of benzene rings is 1. The summed E-state index contributed by atoms with van der Waals surface area (Å²) in [7, 11) is 0. The van der Waals surface area contributed by atoms with Gasteiger partial charge in [-0.15, -0.1) is 5.10 Å². The summed E-state index contributed by atoms with van der Waals surface area (Å²) in [6.45, 7) is 5.71. The highest BCUT2D eigenvalue weighted by atomic mass is 32.1. The molecule has 1 atom stereocenters. The number of nitrogens with one attached hydrogen (secondary N) is 1.